The van der Waals surface area contributed by atoms with E-state index in [9.17, 15) is 4.79 Å². The maximum atomic E-state index is 12.8. The van der Waals surface area contributed by atoms with E-state index in [1.165, 1.54) is 11.3 Å². The number of benzene rings is 2. The van der Waals surface area contributed by atoms with Crippen molar-refractivity contribution in [3.63, 3.8) is 0 Å². The van der Waals surface area contributed by atoms with Crippen LogP contribution in [-0.2, 0) is 6.42 Å². The Balaban J connectivity index is 1.77. The molecule has 2 heterocycles. The second-order valence-electron chi connectivity index (χ2n) is 6.06. The van der Waals surface area contributed by atoms with E-state index in [0.29, 0.717) is 17.6 Å². The van der Waals surface area contributed by atoms with Crippen molar-refractivity contribution in [3.05, 3.63) is 75.7 Å². The topological polar surface area (TPSA) is 64.2 Å². The first-order valence-electron chi connectivity index (χ1n) is 8.46. The molecule has 5 nitrogen and oxygen atoms in total. The van der Waals surface area contributed by atoms with Crippen molar-refractivity contribution in [2.45, 2.75) is 6.42 Å². The Labute approximate surface area is 160 Å². The lowest BCUT2D eigenvalue weighted by molar-refractivity contribution is 0.410. The summed E-state index contributed by atoms with van der Waals surface area (Å²) in [5.41, 5.74) is 2.65. The van der Waals surface area contributed by atoms with E-state index >= 15 is 0 Å². The third-order valence-electron chi connectivity index (χ3n) is 4.42. The maximum Gasteiger partial charge on any atom is 0.260 e. The van der Waals surface area contributed by atoms with E-state index < -0.39 is 0 Å². The van der Waals surface area contributed by atoms with Gasteiger partial charge >= 0.3 is 0 Å². The fourth-order valence-electron chi connectivity index (χ4n) is 3.11. The van der Waals surface area contributed by atoms with Gasteiger partial charge in [-0.05, 0) is 23.8 Å². The summed E-state index contributed by atoms with van der Waals surface area (Å²) in [5, 5.41) is 2.58. The van der Waals surface area contributed by atoms with E-state index in [1.54, 1.807) is 14.2 Å². The normalized spacial score (nSPS) is 10.9. The highest BCUT2D eigenvalue weighted by atomic mass is 32.1. The molecule has 0 amide bonds. The van der Waals surface area contributed by atoms with Crippen LogP contribution < -0.4 is 15.0 Å². The standard InChI is InChI=1S/C21H18N2O3S/c1-25-15-8-5-7-13(10-15)16-12-27-21-19(16)20(24)22-18(23-21)11-14-6-3-4-9-17(14)26-2/h3-10,12H,11H2,1-2H3,(H,22,23,24). The first kappa shape index (κ1) is 17.3. The van der Waals surface area contributed by atoms with Crippen LogP contribution in [0.5, 0.6) is 11.5 Å². The number of nitrogens with zero attached hydrogens (tertiary/aromatic N) is 1. The van der Waals surface area contributed by atoms with Gasteiger partial charge in [-0.1, -0.05) is 30.3 Å². The van der Waals surface area contributed by atoms with Crippen LogP contribution in [0.15, 0.2) is 58.7 Å². The molecule has 0 radical (unpaired) electrons. The summed E-state index contributed by atoms with van der Waals surface area (Å²) in [4.78, 5) is 21.1. The van der Waals surface area contributed by atoms with Crippen LogP contribution in [0.3, 0.4) is 0 Å². The van der Waals surface area contributed by atoms with Gasteiger partial charge in [0.2, 0.25) is 0 Å². The summed E-state index contributed by atoms with van der Waals surface area (Å²) in [6.07, 6.45) is 0.502. The summed E-state index contributed by atoms with van der Waals surface area (Å²) in [6.45, 7) is 0. The third-order valence-corrected chi connectivity index (χ3v) is 5.30. The van der Waals surface area contributed by atoms with Crippen LogP contribution >= 0.6 is 11.3 Å². The van der Waals surface area contributed by atoms with Crippen molar-refractivity contribution in [2.75, 3.05) is 14.2 Å². The molecular weight excluding hydrogens is 360 g/mol. The molecule has 0 atom stereocenters. The molecule has 0 saturated carbocycles. The quantitative estimate of drug-likeness (QED) is 0.564. The molecule has 1 N–H and O–H groups in total. The number of hydrogen-bond acceptors (Lipinski definition) is 5. The maximum absolute atomic E-state index is 12.8. The molecule has 27 heavy (non-hydrogen) atoms. The van der Waals surface area contributed by atoms with Gasteiger partial charge in [0, 0.05) is 22.9 Å². The molecule has 4 aromatic rings. The van der Waals surface area contributed by atoms with Crippen molar-refractivity contribution in [2.24, 2.45) is 0 Å². The molecule has 4 rings (SSSR count). The van der Waals surface area contributed by atoms with E-state index in [0.717, 1.165) is 33.0 Å². The van der Waals surface area contributed by atoms with Gasteiger partial charge in [-0.15, -0.1) is 11.3 Å². The third kappa shape index (κ3) is 3.31. The monoisotopic (exact) mass is 378 g/mol. The van der Waals surface area contributed by atoms with Crippen molar-refractivity contribution in [1.29, 1.82) is 0 Å². The zero-order valence-corrected chi connectivity index (χ0v) is 15.8. The molecule has 2 aromatic carbocycles. The van der Waals surface area contributed by atoms with Gasteiger partial charge in [0.15, 0.2) is 0 Å². The molecule has 0 aliphatic rings. The van der Waals surface area contributed by atoms with Gasteiger partial charge in [-0.2, -0.15) is 0 Å². The Morgan fingerprint density at radius 3 is 2.74 bits per heavy atom. The average molecular weight is 378 g/mol. The summed E-state index contributed by atoms with van der Waals surface area (Å²) in [6, 6.07) is 15.4. The number of ether oxygens (including phenoxy) is 2. The Morgan fingerprint density at radius 2 is 1.93 bits per heavy atom. The molecular formula is C21H18N2O3S. The molecule has 0 saturated heterocycles. The van der Waals surface area contributed by atoms with Crippen LogP contribution in [0.25, 0.3) is 21.3 Å². The second-order valence-corrected chi connectivity index (χ2v) is 6.92. The van der Waals surface area contributed by atoms with Crippen LogP contribution in [-0.4, -0.2) is 24.2 Å². The molecule has 6 heteroatoms. The number of para-hydroxylation sites is 1. The van der Waals surface area contributed by atoms with Crippen molar-refractivity contribution < 1.29 is 9.47 Å². The Morgan fingerprint density at radius 1 is 1.07 bits per heavy atom. The van der Waals surface area contributed by atoms with Gasteiger partial charge in [0.25, 0.3) is 5.56 Å². The first-order chi connectivity index (χ1) is 13.2. The fourth-order valence-corrected chi connectivity index (χ4v) is 4.08. The van der Waals surface area contributed by atoms with Gasteiger partial charge in [-0.25, -0.2) is 4.98 Å². The van der Waals surface area contributed by atoms with E-state index in [2.05, 4.69) is 9.97 Å². The predicted molar refractivity (Wildman–Crippen MR) is 108 cm³/mol. The number of aromatic nitrogens is 2. The van der Waals surface area contributed by atoms with Gasteiger partial charge in [0.1, 0.15) is 22.2 Å². The SMILES string of the molecule is COc1cccc(-c2csc3nc(Cc4ccccc4OC)[nH]c(=O)c23)c1. The molecule has 136 valence electrons. The van der Waals surface area contributed by atoms with Gasteiger partial charge < -0.3 is 14.5 Å². The first-order valence-corrected chi connectivity index (χ1v) is 9.34. The molecule has 2 aromatic heterocycles. The lowest BCUT2D eigenvalue weighted by Gasteiger charge is -2.08. The lowest BCUT2D eigenvalue weighted by atomic mass is 10.1. The van der Waals surface area contributed by atoms with Crippen molar-refractivity contribution >= 4 is 21.6 Å². The number of aromatic amines is 1. The molecule has 0 aliphatic carbocycles. The minimum atomic E-state index is -0.135. The number of rotatable bonds is 5. The molecule has 0 fully saturated rings. The summed E-state index contributed by atoms with van der Waals surface area (Å²) in [5.74, 6) is 2.16. The van der Waals surface area contributed by atoms with Crippen molar-refractivity contribution in [1.82, 2.24) is 9.97 Å². The highest BCUT2D eigenvalue weighted by Gasteiger charge is 2.14. The number of nitrogens with one attached hydrogen (secondary N) is 1. The van der Waals surface area contributed by atoms with Crippen LogP contribution in [0.1, 0.15) is 11.4 Å². The number of fused-ring (bicyclic) bond motifs is 1. The van der Waals surface area contributed by atoms with Crippen molar-refractivity contribution in [3.8, 4) is 22.6 Å². The second kappa shape index (κ2) is 7.25. The van der Waals surface area contributed by atoms with Crippen LogP contribution in [0.2, 0.25) is 0 Å². The fraction of sp³-hybridized carbons (Fsp3) is 0.143. The molecule has 0 aliphatic heterocycles. The summed E-state index contributed by atoms with van der Waals surface area (Å²) >= 11 is 1.47. The number of thiophene rings is 1. The lowest BCUT2D eigenvalue weighted by Crippen LogP contribution is -2.12. The van der Waals surface area contributed by atoms with Crippen LogP contribution in [0.4, 0.5) is 0 Å². The Hall–Kier alpha value is -3.12. The zero-order valence-electron chi connectivity index (χ0n) is 15.0. The smallest absolute Gasteiger partial charge is 0.260 e. The largest absolute Gasteiger partial charge is 0.497 e. The van der Waals surface area contributed by atoms with Gasteiger partial charge in [-0.3, -0.25) is 4.79 Å². The van der Waals surface area contributed by atoms with E-state index in [1.807, 2.05) is 53.9 Å². The Kier molecular flexibility index (Phi) is 4.64. The molecule has 0 spiro atoms. The number of H-pyrrole nitrogens is 1. The number of hydrogen-bond donors (Lipinski definition) is 1. The minimum Gasteiger partial charge on any atom is -0.497 e. The van der Waals surface area contributed by atoms with Crippen LogP contribution in [0, 0.1) is 0 Å². The molecule has 0 bridgehead atoms. The Bertz CT molecular complexity index is 1160. The van der Waals surface area contributed by atoms with Gasteiger partial charge in [0.05, 0.1) is 19.6 Å². The summed E-state index contributed by atoms with van der Waals surface area (Å²) < 4.78 is 10.7. The average Bonchev–Trinajstić information content (AvgIpc) is 3.13. The summed E-state index contributed by atoms with van der Waals surface area (Å²) in [7, 11) is 3.27. The highest BCUT2D eigenvalue weighted by Crippen LogP contribution is 2.32. The zero-order chi connectivity index (χ0) is 18.8. The van der Waals surface area contributed by atoms with E-state index in [-0.39, 0.29) is 5.56 Å². The minimum absolute atomic E-state index is 0.135. The highest BCUT2D eigenvalue weighted by molar-refractivity contribution is 7.17. The van der Waals surface area contributed by atoms with E-state index in [4.69, 9.17) is 9.47 Å². The number of methoxy groups -OCH3 is 2. The molecule has 0 unspecified atom stereocenters. The predicted octanol–water partition coefficient (Wildman–Crippen LogP) is 4.26.